The second-order valence-corrected chi connectivity index (χ2v) is 7.55. The number of hydrogen-bond donors (Lipinski definition) is 0. The first-order chi connectivity index (χ1) is 13.4. The molecular weight excluding hydrogens is 350 g/mol. The fourth-order valence-corrected chi connectivity index (χ4v) is 3.91. The quantitative estimate of drug-likeness (QED) is 0.419. The van der Waals surface area contributed by atoms with Crippen LogP contribution in [0.4, 0.5) is 5.69 Å². The highest BCUT2D eigenvalue weighted by atomic mass is 16.5. The summed E-state index contributed by atoms with van der Waals surface area (Å²) in [6.45, 7) is 10.6. The van der Waals surface area contributed by atoms with Gasteiger partial charge in [0.1, 0.15) is 0 Å². The van der Waals surface area contributed by atoms with Gasteiger partial charge in [0, 0.05) is 50.9 Å². The lowest BCUT2D eigenvalue weighted by molar-refractivity contribution is -0.115. The Morgan fingerprint density at radius 2 is 1.96 bits per heavy atom. The lowest BCUT2D eigenvalue weighted by atomic mass is 9.88. The van der Waals surface area contributed by atoms with Gasteiger partial charge in [0.05, 0.1) is 0 Å². The van der Waals surface area contributed by atoms with Crippen LogP contribution in [0.2, 0.25) is 0 Å². The highest BCUT2D eigenvalue weighted by Gasteiger charge is 2.20. The number of ether oxygens (including phenoxy) is 1. The molecule has 1 aliphatic carbocycles. The molecule has 0 heterocycles. The van der Waals surface area contributed by atoms with Crippen molar-refractivity contribution in [3.63, 3.8) is 0 Å². The second kappa shape index (κ2) is 10.4. The molecule has 0 atom stereocenters. The molecule has 4 heteroatoms. The van der Waals surface area contributed by atoms with Crippen LogP contribution < -0.4 is 4.90 Å². The zero-order chi connectivity index (χ0) is 20.7. The smallest absolute Gasteiger partial charge is 0.163 e. The van der Waals surface area contributed by atoms with E-state index in [9.17, 15) is 9.59 Å². The molecule has 0 bridgehead atoms. The first kappa shape index (κ1) is 22.1. The van der Waals surface area contributed by atoms with Gasteiger partial charge in [0.2, 0.25) is 0 Å². The molecule has 0 amide bonds. The van der Waals surface area contributed by atoms with E-state index in [0.29, 0.717) is 19.3 Å². The van der Waals surface area contributed by atoms with E-state index in [2.05, 4.69) is 24.0 Å². The van der Waals surface area contributed by atoms with Gasteiger partial charge in [-0.2, -0.15) is 0 Å². The fraction of sp³-hybridized carbons (Fsp3) is 0.500. The van der Waals surface area contributed by atoms with Gasteiger partial charge in [-0.25, -0.2) is 0 Å². The molecule has 1 aromatic carbocycles. The zero-order valence-corrected chi connectivity index (χ0v) is 17.9. The molecule has 0 aliphatic heterocycles. The molecule has 28 heavy (non-hydrogen) atoms. The van der Waals surface area contributed by atoms with Crippen molar-refractivity contribution in [1.82, 2.24) is 0 Å². The first-order valence-corrected chi connectivity index (χ1v) is 10.2. The number of carbonyl (C=O) groups is 2. The number of Topliss-reactive ketones (excluding diaryl/α,β-unsaturated/α-hetero) is 2. The van der Waals surface area contributed by atoms with E-state index in [1.54, 1.807) is 7.11 Å². The highest BCUT2D eigenvalue weighted by Crippen LogP contribution is 2.27. The van der Waals surface area contributed by atoms with Crippen molar-refractivity contribution in [3.05, 3.63) is 52.1 Å². The number of allylic oxidation sites excluding steroid dienone is 4. The van der Waals surface area contributed by atoms with E-state index in [0.717, 1.165) is 59.7 Å². The maximum absolute atomic E-state index is 12.9. The number of nitrogens with zero attached hydrogens (tertiary/aromatic N) is 1. The van der Waals surface area contributed by atoms with Crippen LogP contribution in [0, 0.1) is 6.92 Å². The Balaban J connectivity index is 2.14. The van der Waals surface area contributed by atoms with E-state index in [-0.39, 0.29) is 11.6 Å². The second-order valence-electron chi connectivity index (χ2n) is 7.55. The Bertz CT molecular complexity index is 789. The molecule has 152 valence electrons. The van der Waals surface area contributed by atoms with Crippen LogP contribution in [0.15, 0.2) is 41.0 Å². The lowest BCUT2D eigenvalue weighted by Gasteiger charge is -2.26. The Kier molecular flexibility index (Phi) is 8.18. The summed E-state index contributed by atoms with van der Waals surface area (Å²) in [6, 6.07) is 5.93. The van der Waals surface area contributed by atoms with E-state index in [4.69, 9.17) is 4.74 Å². The molecule has 2 rings (SSSR count). The molecule has 0 radical (unpaired) electrons. The van der Waals surface area contributed by atoms with Crippen molar-refractivity contribution in [3.8, 4) is 0 Å². The van der Waals surface area contributed by atoms with Crippen LogP contribution in [-0.2, 0) is 9.53 Å². The third-order valence-corrected chi connectivity index (χ3v) is 5.42. The molecule has 1 aliphatic rings. The third kappa shape index (κ3) is 5.41. The van der Waals surface area contributed by atoms with Crippen molar-refractivity contribution >= 4 is 17.3 Å². The summed E-state index contributed by atoms with van der Waals surface area (Å²) < 4.78 is 5.16. The molecule has 0 aromatic heterocycles. The zero-order valence-electron chi connectivity index (χ0n) is 17.9. The molecular formula is C24H33NO3. The SMILES string of the molecule is CCN(CCCOC)c1cccc(C(=O)CCC2=C(C)C=C(C)CC2=O)c1C. The molecule has 1 aromatic rings. The van der Waals surface area contributed by atoms with Crippen LogP contribution in [0.25, 0.3) is 0 Å². The third-order valence-electron chi connectivity index (χ3n) is 5.42. The van der Waals surface area contributed by atoms with Gasteiger partial charge in [0.15, 0.2) is 11.6 Å². The van der Waals surface area contributed by atoms with Crippen LogP contribution in [0.5, 0.6) is 0 Å². The fourth-order valence-electron chi connectivity index (χ4n) is 3.91. The average Bonchev–Trinajstić information content (AvgIpc) is 2.65. The maximum Gasteiger partial charge on any atom is 0.163 e. The number of carbonyl (C=O) groups excluding carboxylic acids is 2. The summed E-state index contributed by atoms with van der Waals surface area (Å²) in [4.78, 5) is 27.5. The number of rotatable bonds is 10. The summed E-state index contributed by atoms with van der Waals surface area (Å²) in [6.07, 6.45) is 4.37. The van der Waals surface area contributed by atoms with Gasteiger partial charge in [-0.05, 0) is 63.3 Å². The molecule has 0 fully saturated rings. The minimum Gasteiger partial charge on any atom is -0.385 e. The molecule has 4 nitrogen and oxygen atoms in total. The van der Waals surface area contributed by atoms with E-state index in [1.165, 1.54) is 0 Å². The van der Waals surface area contributed by atoms with Gasteiger partial charge < -0.3 is 9.64 Å². The van der Waals surface area contributed by atoms with Gasteiger partial charge in [-0.15, -0.1) is 0 Å². The van der Waals surface area contributed by atoms with E-state index < -0.39 is 0 Å². The van der Waals surface area contributed by atoms with E-state index >= 15 is 0 Å². The molecule has 0 saturated carbocycles. The Morgan fingerprint density at radius 1 is 1.21 bits per heavy atom. The van der Waals surface area contributed by atoms with Crippen molar-refractivity contribution in [2.75, 3.05) is 31.7 Å². The predicted octanol–water partition coefficient (Wildman–Crippen LogP) is 5.06. The maximum atomic E-state index is 12.9. The predicted molar refractivity (Wildman–Crippen MR) is 115 cm³/mol. The summed E-state index contributed by atoms with van der Waals surface area (Å²) in [5.74, 6) is 0.262. The average molecular weight is 384 g/mol. The minimum atomic E-state index is 0.103. The molecule has 0 spiro atoms. The largest absolute Gasteiger partial charge is 0.385 e. The summed E-state index contributed by atoms with van der Waals surface area (Å²) in [5, 5.41) is 0. The van der Waals surface area contributed by atoms with Crippen molar-refractivity contribution < 1.29 is 14.3 Å². The number of hydrogen-bond acceptors (Lipinski definition) is 4. The number of ketones is 2. The van der Waals surface area contributed by atoms with Crippen LogP contribution in [-0.4, -0.2) is 38.4 Å². The van der Waals surface area contributed by atoms with Gasteiger partial charge in [-0.3, -0.25) is 9.59 Å². The number of benzene rings is 1. The monoisotopic (exact) mass is 383 g/mol. The number of anilines is 1. The van der Waals surface area contributed by atoms with E-state index in [1.807, 2.05) is 32.9 Å². The minimum absolute atomic E-state index is 0.103. The Labute approximate surface area is 169 Å². The van der Waals surface area contributed by atoms with Gasteiger partial charge in [-0.1, -0.05) is 23.8 Å². The van der Waals surface area contributed by atoms with Crippen molar-refractivity contribution in [2.24, 2.45) is 0 Å². The van der Waals surface area contributed by atoms with Crippen molar-refractivity contribution in [1.29, 1.82) is 0 Å². The first-order valence-electron chi connectivity index (χ1n) is 10.2. The van der Waals surface area contributed by atoms with Crippen molar-refractivity contribution in [2.45, 2.75) is 53.4 Å². The summed E-state index contributed by atoms with van der Waals surface area (Å²) >= 11 is 0. The molecule has 0 N–H and O–H groups in total. The summed E-state index contributed by atoms with van der Waals surface area (Å²) in [5.41, 5.74) is 5.78. The van der Waals surface area contributed by atoms with Gasteiger partial charge >= 0.3 is 0 Å². The normalized spacial score (nSPS) is 14.3. The Hall–Kier alpha value is -2.20. The van der Waals surface area contributed by atoms with Crippen LogP contribution >= 0.6 is 0 Å². The molecule has 0 unspecified atom stereocenters. The number of methoxy groups -OCH3 is 1. The lowest BCUT2D eigenvalue weighted by Crippen LogP contribution is -2.26. The standard InChI is InChI=1S/C24H33NO3/c1-6-25(13-8-14-28-5)22-10-7-9-21(19(22)4)23(26)12-11-20-18(3)15-17(2)16-24(20)27/h7,9-10,15H,6,8,11-14,16H2,1-5H3. The van der Waals surface area contributed by atoms with Crippen LogP contribution in [0.1, 0.15) is 62.4 Å². The summed E-state index contributed by atoms with van der Waals surface area (Å²) in [7, 11) is 1.71. The molecule has 0 saturated heterocycles. The topological polar surface area (TPSA) is 46.6 Å². The van der Waals surface area contributed by atoms with Crippen LogP contribution in [0.3, 0.4) is 0 Å². The van der Waals surface area contributed by atoms with Gasteiger partial charge in [0.25, 0.3) is 0 Å². The highest BCUT2D eigenvalue weighted by molar-refractivity contribution is 6.02. The Morgan fingerprint density at radius 3 is 2.61 bits per heavy atom.